The highest BCUT2D eigenvalue weighted by molar-refractivity contribution is 6.36. The van der Waals surface area contributed by atoms with Crippen molar-refractivity contribution in [3.05, 3.63) is 87.5 Å². The molecule has 3 fully saturated rings. The number of nitrogens with one attached hydrogen (secondary N) is 2. The largest absolute Gasteiger partial charge is 0.489 e. The quantitative estimate of drug-likeness (QED) is 0.116. The molecule has 1 unspecified atom stereocenters. The Morgan fingerprint density at radius 2 is 1.75 bits per heavy atom. The Morgan fingerprint density at radius 3 is 2.56 bits per heavy atom. The van der Waals surface area contributed by atoms with Gasteiger partial charge in [0.15, 0.2) is 11.6 Å². The Bertz CT molecular complexity index is 2230. The van der Waals surface area contributed by atoms with Crippen LogP contribution in [-0.2, 0) is 16.0 Å². The van der Waals surface area contributed by atoms with Crippen LogP contribution >= 0.6 is 23.2 Å². The summed E-state index contributed by atoms with van der Waals surface area (Å²) in [4.78, 5) is 58.4. The van der Waals surface area contributed by atoms with Crippen molar-refractivity contribution in [3.63, 3.8) is 0 Å². The third kappa shape index (κ3) is 8.21. The van der Waals surface area contributed by atoms with Crippen molar-refractivity contribution >= 4 is 58.3 Å². The van der Waals surface area contributed by atoms with Crippen molar-refractivity contribution in [2.75, 3.05) is 37.3 Å². The lowest BCUT2D eigenvalue weighted by Gasteiger charge is -2.37. The minimum absolute atomic E-state index is 0.0160. The van der Waals surface area contributed by atoms with Crippen LogP contribution < -0.4 is 21.1 Å². The maximum atomic E-state index is 13.9. The maximum absolute atomic E-state index is 13.9. The maximum Gasteiger partial charge on any atom is 0.262 e. The zero-order valence-corrected chi connectivity index (χ0v) is 32.7. The summed E-state index contributed by atoms with van der Waals surface area (Å²) in [5.74, 6) is -1.32. The molecule has 1 aliphatic carbocycles. The molecule has 298 valence electrons. The van der Waals surface area contributed by atoms with E-state index in [1.165, 1.54) is 12.1 Å². The van der Waals surface area contributed by atoms with E-state index in [0.29, 0.717) is 34.7 Å². The molecule has 2 aromatic carbocycles. The lowest BCUT2D eigenvalue weighted by molar-refractivity contribution is -0.136. The number of hydrogen-bond acceptors (Lipinski definition) is 10. The van der Waals surface area contributed by atoms with Crippen LogP contribution in [0.15, 0.2) is 55.0 Å². The molecule has 2 saturated heterocycles. The number of ether oxygens (including phenoxy) is 1. The first-order valence-electron chi connectivity index (χ1n) is 19.4. The number of carbonyl (C=O) groups excluding carboxylic acids is 4. The first kappa shape index (κ1) is 38.8. The molecular weight excluding hydrogens is 774 g/mol. The predicted octanol–water partition coefficient (Wildman–Crippen LogP) is 6.30. The molecule has 3 aliphatic heterocycles. The van der Waals surface area contributed by atoms with E-state index in [-0.39, 0.29) is 47.5 Å². The van der Waals surface area contributed by atoms with Gasteiger partial charge in [-0.2, -0.15) is 5.10 Å². The van der Waals surface area contributed by atoms with Gasteiger partial charge in [-0.15, -0.1) is 0 Å². The van der Waals surface area contributed by atoms with Gasteiger partial charge in [0.05, 0.1) is 35.0 Å². The zero-order valence-electron chi connectivity index (χ0n) is 31.2. The normalized spacial score (nSPS) is 22.8. The van der Waals surface area contributed by atoms with E-state index in [1.54, 1.807) is 18.3 Å². The van der Waals surface area contributed by atoms with Gasteiger partial charge in [0, 0.05) is 66.2 Å². The number of aromatic nitrogens is 3. The van der Waals surface area contributed by atoms with Crippen LogP contribution in [0, 0.1) is 11.7 Å². The number of piperidine rings is 2. The lowest BCUT2D eigenvalue weighted by Crippen LogP contribution is -2.54. The van der Waals surface area contributed by atoms with Gasteiger partial charge in [-0.25, -0.2) is 9.37 Å². The van der Waals surface area contributed by atoms with Gasteiger partial charge < -0.3 is 20.7 Å². The highest BCUT2D eigenvalue weighted by atomic mass is 35.5. The number of nitrogens with zero attached hydrogens (tertiary/aromatic N) is 5. The number of nitrogen functional groups attached to an aromatic ring is 1. The number of hydrogen-bond donors (Lipinski definition) is 3. The van der Waals surface area contributed by atoms with Gasteiger partial charge in [0.25, 0.3) is 11.8 Å². The molecule has 4 aromatic rings. The first-order chi connectivity index (χ1) is 27.5. The second kappa shape index (κ2) is 16.4. The Labute approximate surface area is 339 Å². The number of rotatable bonds is 11. The molecule has 16 heteroatoms. The number of halogens is 3. The standard InChI is InChI=1S/C41H43Cl2FN8O5/c42-32-9-10-33(44)37(43)30(32)13-15-57-35-16-24(18-46-38(35)45)25-19-47-51(21-25)28-6-3-23(4-7-28)20-50-14-1-2-27(22-50)48-26-5-8-29-31(17-26)41(56)52(40(29)55)34-11-12-36(53)49-39(34)54/h5,8-10,16-19,21,23,27-28,34,48H,1-4,6-7,11-15,20,22H2,(H2,45,46)(H,49,53,54)/t23?,27-,28?,34?/m0/s1. The number of benzene rings is 2. The fourth-order valence-corrected chi connectivity index (χ4v) is 9.13. The highest BCUT2D eigenvalue weighted by Crippen LogP contribution is 2.36. The van der Waals surface area contributed by atoms with E-state index in [4.69, 9.17) is 38.8 Å². The van der Waals surface area contributed by atoms with Crippen LogP contribution in [0.5, 0.6) is 5.75 Å². The van der Waals surface area contributed by atoms with E-state index in [1.807, 2.05) is 24.5 Å². The number of likely N-dealkylation sites (tertiary alicyclic amines) is 1. The van der Waals surface area contributed by atoms with Crippen LogP contribution in [0.2, 0.25) is 10.0 Å². The van der Waals surface area contributed by atoms with Crippen molar-refractivity contribution in [1.29, 1.82) is 0 Å². The number of carbonyl (C=O) groups is 4. The molecule has 1 saturated carbocycles. The molecule has 4 amide bonds. The molecule has 5 heterocycles. The van der Waals surface area contributed by atoms with Crippen LogP contribution in [0.25, 0.3) is 11.1 Å². The summed E-state index contributed by atoms with van der Waals surface area (Å²) < 4.78 is 21.9. The van der Waals surface area contributed by atoms with E-state index in [0.717, 1.165) is 79.9 Å². The molecular formula is C41H43Cl2FN8O5. The molecule has 4 N–H and O–H groups in total. The van der Waals surface area contributed by atoms with Crippen molar-refractivity contribution in [2.24, 2.45) is 5.92 Å². The van der Waals surface area contributed by atoms with Gasteiger partial charge in [-0.1, -0.05) is 23.2 Å². The summed E-state index contributed by atoms with van der Waals surface area (Å²) in [5.41, 5.74) is 9.64. The number of fused-ring (bicyclic) bond motifs is 1. The third-order valence-electron chi connectivity index (χ3n) is 11.6. The van der Waals surface area contributed by atoms with Crippen molar-refractivity contribution < 1.29 is 28.3 Å². The highest BCUT2D eigenvalue weighted by Gasteiger charge is 2.44. The monoisotopic (exact) mass is 816 g/mol. The summed E-state index contributed by atoms with van der Waals surface area (Å²) in [7, 11) is 0. The van der Waals surface area contributed by atoms with Crippen LogP contribution in [0.1, 0.15) is 83.7 Å². The zero-order chi connectivity index (χ0) is 39.8. The average Bonchev–Trinajstić information content (AvgIpc) is 3.78. The van der Waals surface area contributed by atoms with E-state index in [2.05, 4.69) is 25.2 Å². The van der Waals surface area contributed by atoms with Crippen LogP contribution in [-0.4, -0.2) is 86.5 Å². The topological polar surface area (TPSA) is 165 Å². The Morgan fingerprint density at radius 1 is 0.947 bits per heavy atom. The lowest BCUT2D eigenvalue weighted by atomic mass is 9.85. The second-order valence-electron chi connectivity index (χ2n) is 15.4. The van der Waals surface area contributed by atoms with Gasteiger partial charge >= 0.3 is 0 Å². The number of nitrogens with two attached hydrogens (primary N) is 1. The number of anilines is 2. The SMILES string of the molecule is Nc1ncc(-c2cnn(C3CCC(CN4CCC[C@H](Nc5ccc6c(c5)C(=O)N(C5CCC(=O)NC5=O)C6=O)C4)CC3)c2)cc1OCCc1c(Cl)ccc(F)c1Cl. The van der Waals surface area contributed by atoms with Crippen LogP contribution in [0.4, 0.5) is 15.9 Å². The summed E-state index contributed by atoms with van der Waals surface area (Å²) >= 11 is 12.3. The third-order valence-corrected chi connectivity index (χ3v) is 12.4. The van der Waals surface area contributed by atoms with E-state index < -0.39 is 35.5 Å². The molecule has 4 aliphatic rings. The summed E-state index contributed by atoms with van der Waals surface area (Å²) in [6.45, 7) is 3.11. The average molecular weight is 818 g/mol. The number of pyridine rings is 1. The Balaban J connectivity index is 0.818. The minimum Gasteiger partial charge on any atom is -0.489 e. The van der Waals surface area contributed by atoms with Gasteiger partial charge in [-0.3, -0.25) is 34.1 Å². The van der Waals surface area contributed by atoms with Gasteiger partial charge in [0.1, 0.15) is 11.9 Å². The predicted molar refractivity (Wildman–Crippen MR) is 213 cm³/mol. The van der Waals surface area contributed by atoms with E-state index >= 15 is 0 Å². The Kier molecular flexibility index (Phi) is 11.2. The van der Waals surface area contributed by atoms with Crippen molar-refractivity contribution in [3.8, 4) is 16.9 Å². The molecule has 13 nitrogen and oxygen atoms in total. The summed E-state index contributed by atoms with van der Waals surface area (Å²) in [6, 6.07) is 9.22. The smallest absolute Gasteiger partial charge is 0.262 e. The molecule has 2 aromatic heterocycles. The molecule has 0 radical (unpaired) electrons. The van der Waals surface area contributed by atoms with Crippen LogP contribution in [0.3, 0.4) is 0 Å². The van der Waals surface area contributed by atoms with Gasteiger partial charge in [0.2, 0.25) is 11.8 Å². The molecule has 2 atom stereocenters. The van der Waals surface area contributed by atoms with E-state index in [9.17, 15) is 23.6 Å². The van der Waals surface area contributed by atoms with Crippen molar-refractivity contribution in [2.45, 2.75) is 75.9 Å². The second-order valence-corrected chi connectivity index (χ2v) is 16.1. The molecule has 8 rings (SSSR count). The first-order valence-corrected chi connectivity index (χ1v) is 20.2. The number of imide groups is 2. The number of amides is 4. The molecule has 57 heavy (non-hydrogen) atoms. The molecule has 0 bridgehead atoms. The van der Waals surface area contributed by atoms with Gasteiger partial charge in [-0.05, 0) is 99.4 Å². The fourth-order valence-electron chi connectivity index (χ4n) is 8.57. The summed E-state index contributed by atoms with van der Waals surface area (Å²) in [5, 5.41) is 10.9. The van der Waals surface area contributed by atoms with Crippen molar-refractivity contribution in [1.82, 2.24) is 29.9 Å². The molecule has 0 spiro atoms. The summed E-state index contributed by atoms with van der Waals surface area (Å²) in [6.07, 6.45) is 12.4. The minimum atomic E-state index is -0.985. The Hall–Kier alpha value is -5.05. The fraction of sp³-hybridized carbons (Fsp3) is 0.415.